The summed E-state index contributed by atoms with van der Waals surface area (Å²) in [6.45, 7) is 8.31. The highest BCUT2D eigenvalue weighted by atomic mass is 16.5. The number of unbranched alkanes of at least 4 members (excludes halogenated alkanes) is 4. The van der Waals surface area contributed by atoms with Crippen LogP contribution in [0.25, 0.3) is 0 Å². The topological polar surface area (TPSA) is 99.1 Å². The predicted octanol–water partition coefficient (Wildman–Crippen LogP) is 3.86. The van der Waals surface area contributed by atoms with E-state index in [1.165, 1.54) is 6.92 Å². The third-order valence-electron chi connectivity index (χ3n) is 5.78. The number of benzene rings is 1. The van der Waals surface area contributed by atoms with Crippen molar-refractivity contribution in [2.75, 3.05) is 24.8 Å². The first kappa shape index (κ1) is 28.1. The third kappa shape index (κ3) is 9.67. The average Bonchev–Trinajstić information content (AvgIpc) is 2.77. The number of anilines is 1. The number of ether oxygens (including phenoxy) is 1. The number of nitrogens with one attached hydrogen (secondary N) is 1. The number of nitrogens with zero attached hydrogens (tertiary/aromatic N) is 1. The quantitative estimate of drug-likeness (QED) is 0.201. The van der Waals surface area contributed by atoms with E-state index < -0.39 is 6.10 Å². The first-order valence-corrected chi connectivity index (χ1v) is 11.8. The molecule has 1 unspecified atom stereocenters. The smallest absolute Gasteiger partial charge is 0.305 e. The van der Waals surface area contributed by atoms with E-state index in [2.05, 4.69) is 26.2 Å². The fraction of sp³-hybridized carbons (Fsp3) is 0.680. The first-order chi connectivity index (χ1) is 15.2. The molecule has 0 saturated carbocycles. The standard InChI is InChI=1S/C25H42N2O5/c1-5-6-11-23(30)25(3,4)21-13-15-22(16-14-21)27(20(2)29)26-17-10-8-7-9-12-24(31)32-19-18-28/h13-16,23,26,28,30H,5-12,17-19H2,1-4H3. The molecule has 0 radical (unpaired) electrons. The highest BCUT2D eigenvalue weighted by Crippen LogP contribution is 2.31. The molecule has 7 heteroatoms. The monoisotopic (exact) mass is 450 g/mol. The summed E-state index contributed by atoms with van der Waals surface area (Å²) in [6.07, 6.45) is 6.26. The van der Waals surface area contributed by atoms with Crippen LogP contribution in [0.15, 0.2) is 24.3 Å². The minimum absolute atomic E-state index is 0.0571. The summed E-state index contributed by atoms with van der Waals surface area (Å²) in [5.41, 5.74) is 4.65. The molecule has 0 aliphatic rings. The van der Waals surface area contributed by atoms with Crippen LogP contribution in [-0.2, 0) is 19.7 Å². The molecule has 1 amide bonds. The van der Waals surface area contributed by atoms with Gasteiger partial charge in [0, 0.05) is 25.3 Å². The van der Waals surface area contributed by atoms with Crippen molar-refractivity contribution in [1.29, 1.82) is 0 Å². The van der Waals surface area contributed by atoms with E-state index in [0.717, 1.165) is 56.2 Å². The summed E-state index contributed by atoms with van der Waals surface area (Å²) in [5.74, 6) is -0.365. The summed E-state index contributed by atoms with van der Waals surface area (Å²) >= 11 is 0. The van der Waals surface area contributed by atoms with Crippen molar-refractivity contribution in [1.82, 2.24) is 5.43 Å². The van der Waals surface area contributed by atoms with Crippen LogP contribution in [0.2, 0.25) is 0 Å². The molecule has 7 nitrogen and oxygen atoms in total. The zero-order chi connectivity index (χ0) is 24.0. The minimum atomic E-state index is -0.410. The predicted molar refractivity (Wildman–Crippen MR) is 127 cm³/mol. The van der Waals surface area contributed by atoms with Crippen molar-refractivity contribution in [3.8, 4) is 0 Å². The number of aliphatic hydroxyl groups is 2. The van der Waals surface area contributed by atoms with E-state index >= 15 is 0 Å². The maximum Gasteiger partial charge on any atom is 0.305 e. The fourth-order valence-electron chi connectivity index (χ4n) is 3.55. The Hall–Kier alpha value is -1.96. The zero-order valence-corrected chi connectivity index (χ0v) is 20.2. The Balaban J connectivity index is 2.50. The number of aliphatic hydroxyl groups excluding tert-OH is 2. The Morgan fingerprint density at radius 1 is 1.09 bits per heavy atom. The summed E-state index contributed by atoms with van der Waals surface area (Å²) < 4.78 is 4.83. The number of esters is 1. The maximum absolute atomic E-state index is 12.1. The second kappa shape index (κ2) is 15.0. The van der Waals surface area contributed by atoms with Gasteiger partial charge in [0.2, 0.25) is 5.91 Å². The normalized spacial score (nSPS) is 12.4. The molecule has 0 aromatic heterocycles. The van der Waals surface area contributed by atoms with Crippen LogP contribution in [0, 0.1) is 0 Å². The molecular weight excluding hydrogens is 408 g/mol. The van der Waals surface area contributed by atoms with Gasteiger partial charge >= 0.3 is 5.97 Å². The molecule has 1 atom stereocenters. The number of hydrogen-bond donors (Lipinski definition) is 3. The Kier molecular flexibility index (Phi) is 13.1. The van der Waals surface area contributed by atoms with Gasteiger partial charge in [-0.05, 0) is 37.0 Å². The molecule has 0 aliphatic carbocycles. The van der Waals surface area contributed by atoms with Crippen molar-refractivity contribution < 1.29 is 24.5 Å². The highest BCUT2D eigenvalue weighted by molar-refractivity contribution is 5.90. The molecule has 0 saturated heterocycles. The van der Waals surface area contributed by atoms with Gasteiger partial charge in [-0.3, -0.25) is 9.59 Å². The lowest BCUT2D eigenvalue weighted by molar-refractivity contribution is -0.144. The highest BCUT2D eigenvalue weighted by Gasteiger charge is 2.29. The molecule has 32 heavy (non-hydrogen) atoms. The molecular formula is C25H42N2O5. The van der Waals surface area contributed by atoms with E-state index in [4.69, 9.17) is 9.84 Å². The number of carbonyl (C=O) groups excluding carboxylic acids is 2. The summed E-state index contributed by atoms with van der Waals surface area (Å²) in [7, 11) is 0. The number of hydrazine groups is 1. The fourth-order valence-corrected chi connectivity index (χ4v) is 3.55. The van der Waals surface area contributed by atoms with Gasteiger partial charge in [0.25, 0.3) is 0 Å². The van der Waals surface area contributed by atoms with Gasteiger partial charge in [0.05, 0.1) is 18.4 Å². The lowest BCUT2D eigenvalue weighted by Crippen LogP contribution is -2.42. The number of rotatable bonds is 16. The molecule has 0 heterocycles. The SMILES string of the molecule is CCCCC(O)C(C)(C)c1ccc(N(NCCCCCCC(=O)OCCO)C(C)=O)cc1. The third-order valence-corrected chi connectivity index (χ3v) is 5.78. The Morgan fingerprint density at radius 2 is 1.75 bits per heavy atom. The van der Waals surface area contributed by atoms with E-state index in [0.29, 0.717) is 13.0 Å². The van der Waals surface area contributed by atoms with Crippen LogP contribution >= 0.6 is 0 Å². The van der Waals surface area contributed by atoms with Crippen molar-refractivity contribution in [2.45, 2.75) is 90.6 Å². The Morgan fingerprint density at radius 3 is 2.34 bits per heavy atom. The lowest BCUT2D eigenvalue weighted by Gasteiger charge is -2.32. The molecule has 0 spiro atoms. The Bertz CT molecular complexity index is 675. The second-order valence-electron chi connectivity index (χ2n) is 8.80. The van der Waals surface area contributed by atoms with Gasteiger partial charge in [-0.25, -0.2) is 10.4 Å². The second-order valence-corrected chi connectivity index (χ2v) is 8.80. The molecule has 3 N–H and O–H groups in total. The molecule has 1 rings (SSSR count). The molecule has 0 bridgehead atoms. The van der Waals surface area contributed by atoms with Crippen molar-refractivity contribution in [3.05, 3.63) is 29.8 Å². The van der Waals surface area contributed by atoms with Crippen molar-refractivity contribution in [3.63, 3.8) is 0 Å². The summed E-state index contributed by atoms with van der Waals surface area (Å²) in [4.78, 5) is 23.5. The number of hydrogen-bond acceptors (Lipinski definition) is 6. The molecule has 0 aliphatic heterocycles. The van der Waals surface area contributed by atoms with Crippen LogP contribution in [0.5, 0.6) is 0 Å². The van der Waals surface area contributed by atoms with Gasteiger partial charge in [-0.2, -0.15) is 0 Å². The number of amides is 1. The first-order valence-electron chi connectivity index (χ1n) is 11.8. The van der Waals surface area contributed by atoms with Crippen molar-refractivity contribution >= 4 is 17.6 Å². The van der Waals surface area contributed by atoms with Crippen LogP contribution in [0.3, 0.4) is 0 Å². The minimum Gasteiger partial charge on any atom is -0.463 e. The van der Waals surface area contributed by atoms with Crippen LogP contribution in [0.1, 0.15) is 84.6 Å². The van der Waals surface area contributed by atoms with Gasteiger partial charge in [0.15, 0.2) is 0 Å². The van der Waals surface area contributed by atoms with Gasteiger partial charge in [0.1, 0.15) is 6.61 Å². The van der Waals surface area contributed by atoms with E-state index in [1.807, 2.05) is 24.3 Å². The van der Waals surface area contributed by atoms with E-state index in [1.54, 1.807) is 5.01 Å². The number of carbonyl (C=O) groups is 2. The van der Waals surface area contributed by atoms with E-state index in [9.17, 15) is 14.7 Å². The summed E-state index contributed by atoms with van der Waals surface area (Å²) in [6, 6.07) is 7.79. The Labute approximate surface area is 193 Å². The maximum atomic E-state index is 12.1. The molecule has 1 aromatic rings. The summed E-state index contributed by atoms with van der Waals surface area (Å²) in [5, 5.41) is 20.8. The molecule has 0 fully saturated rings. The largest absolute Gasteiger partial charge is 0.463 e. The lowest BCUT2D eigenvalue weighted by atomic mass is 9.77. The average molecular weight is 451 g/mol. The van der Waals surface area contributed by atoms with Gasteiger partial charge < -0.3 is 14.9 Å². The van der Waals surface area contributed by atoms with Gasteiger partial charge in [-0.15, -0.1) is 0 Å². The van der Waals surface area contributed by atoms with Crippen LogP contribution in [-0.4, -0.2) is 48.0 Å². The van der Waals surface area contributed by atoms with Crippen molar-refractivity contribution in [2.24, 2.45) is 0 Å². The van der Waals surface area contributed by atoms with Crippen LogP contribution < -0.4 is 10.4 Å². The molecule has 182 valence electrons. The molecule has 1 aromatic carbocycles. The van der Waals surface area contributed by atoms with Crippen LogP contribution in [0.4, 0.5) is 5.69 Å². The zero-order valence-electron chi connectivity index (χ0n) is 20.2. The van der Waals surface area contributed by atoms with E-state index in [-0.39, 0.29) is 30.5 Å². The van der Waals surface area contributed by atoms with Gasteiger partial charge in [-0.1, -0.05) is 58.6 Å².